The van der Waals surface area contributed by atoms with Crippen LogP contribution in [0.2, 0.25) is 0 Å². The van der Waals surface area contributed by atoms with Gasteiger partial charge in [0.15, 0.2) is 0 Å². The molecule has 0 bridgehead atoms. The maximum atomic E-state index is 6.47. The molecule has 0 aliphatic heterocycles. The fourth-order valence-electron chi connectivity index (χ4n) is 8.09. The molecule has 0 atom stereocenters. The minimum absolute atomic E-state index is 0.878. The van der Waals surface area contributed by atoms with Gasteiger partial charge in [-0.2, -0.15) is 0 Å². The van der Waals surface area contributed by atoms with Crippen molar-refractivity contribution in [1.82, 2.24) is 4.98 Å². The molecule has 3 nitrogen and oxygen atoms in total. The van der Waals surface area contributed by atoms with E-state index in [4.69, 9.17) is 9.40 Å². The maximum Gasteiger partial charge on any atom is 0.137 e. The molecule has 0 aliphatic rings. The van der Waals surface area contributed by atoms with Crippen LogP contribution in [0.15, 0.2) is 199 Å². The zero-order chi connectivity index (χ0) is 36.3. The highest BCUT2D eigenvalue weighted by molar-refractivity contribution is 7.21. The highest BCUT2D eigenvalue weighted by Gasteiger charge is 2.18. The van der Waals surface area contributed by atoms with E-state index in [1.54, 1.807) is 11.3 Å². The molecule has 9 aromatic carbocycles. The first-order valence-electron chi connectivity index (χ1n) is 18.5. The molecule has 2 aromatic heterocycles. The Morgan fingerprint density at radius 1 is 0.418 bits per heavy atom. The van der Waals surface area contributed by atoms with Gasteiger partial charge in [0, 0.05) is 39.5 Å². The van der Waals surface area contributed by atoms with E-state index < -0.39 is 0 Å². The second-order valence-corrected chi connectivity index (χ2v) is 15.0. The van der Waals surface area contributed by atoms with Crippen molar-refractivity contribution in [3.8, 4) is 32.8 Å². The van der Waals surface area contributed by atoms with Crippen LogP contribution < -0.4 is 4.90 Å². The number of thiazole rings is 1. The first-order chi connectivity index (χ1) is 27.2. The average molecular weight is 721 g/mol. The van der Waals surface area contributed by atoms with Crippen LogP contribution in [0.5, 0.6) is 0 Å². The smallest absolute Gasteiger partial charge is 0.137 e. The molecule has 11 rings (SSSR count). The summed E-state index contributed by atoms with van der Waals surface area (Å²) in [6.45, 7) is 0. The summed E-state index contributed by atoms with van der Waals surface area (Å²) in [5.74, 6) is 0. The Hall–Kier alpha value is -7.01. The van der Waals surface area contributed by atoms with E-state index in [2.05, 4.69) is 193 Å². The average Bonchev–Trinajstić information content (AvgIpc) is 3.84. The number of fused-ring (bicyclic) bond motifs is 7. The number of anilines is 3. The Morgan fingerprint density at radius 3 is 1.78 bits per heavy atom. The van der Waals surface area contributed by atoms with Crippen molar-refractivity contribution < 1.29 is 4.42 Å². The second kappa shape index (κ2) is 12.8. The molecule has 0 amide bonds. The van der Waals surface area contributed by atoms with Gasteiger partial charge in [0.25, 0.3) is 0 Å². The summed E-state index contributed by atoms with van der Waals surface area (Å²) in [6.07, 6.45) is 0. The van der Waals surface area contributed by atoms with Crippen LogP contribution in [0.25, 0.3) is 86.5 Å². The molecule has 0 radical (unpaired) electrons. The van der Waals surface area contributed by atoms with Crippen molar-refractivity contribution >= 4 is 82.1 Å². The lowest BCUT2D eigenvalue weighted by Crippen LogP contribution is -2.09. The van der Waals surface area contributed by atoms with Crippen molar-refractivity contribution in [2.75, 3.05) is 4.90 Å². The quantitative estimate of drug-likeness (QED) is 0.160. The van der Waals surface area contributed by atoms with E-state index in [1.165, 1.54) is 32.7 Å². The number of hydrogen-bond acceptors (Lipinski definition) is 4. The van der Waals surface area contributed by atoms with Crippen molar-refractivity contribution in [1.29, 1.82) is 0 Å². The van der Waals surface area contributed by atoms with E-state index in [0.717, 1.165) is 70.9 Å². The molecule has 0 aliphatic carbocycles. The summed E-state index contributed by atoms with van der Waals surface area (Å²) in [4.78, 5) is 7.35. The summed E-state index contributed by atoms with van der Waals surface area (Å²) in [5, 5.41) is 8.28. The van der Waals surface area contributed by atoms with Crippen LogP contribution >= 0.6 is 11.3 Å². The summed E-state index contributed by atoms with van der Waals surface area (Å²) < 4.78 is 7.59. The van der Waals surface area contributed by atoms with E-state index in [-0.39, 0.29) is 0 Å². The fraction of sp³-hybridized carbons (Fsp3) is 0. The van der Waals surface area contributed by atoms with E-state index in [9.17, 15) is 0 Å². The Morgan fingerprint density at radius 2 is 1.04 bits per heavy atom. The Bertz CT molecular complexity index is 3180. The summed E-state index contributed by atoms with van der Waals surface area (Å²) in [7, 11) is 0. The lowest BCUT2D eigenvalue weighted by molar-refractivity contribution is 0.669. The zero-order valence-electron chi connectivity index (χ0n) is 29.7. The highest BCUT2D eigenvalue weighted by Crippen LogP contribution is 2.43. The van der Waals surface area contributed by atoms with Crippen molar-refractivity contribution in [2.45, 2.75) is 0 Å². The van der Waals surface area contributed by atoms with Gasteiger partial charge in [-0.1, -0.05) is 133 Å². The number of rotatable bonds is 6. The monoisotopic (exact) mass is 720 g/mol. The lowest BCUT2D eigenvalue weighted by atomic mass is 9.93. The van der Waals surface area contributed by atoms with Crippen LogP contribution in [0.3, 0.4) is 0 Å². The molecular formula is C51H32N2OS. The second-order valence-electron chi connectivity index (χ2n) is 13.9. The fourth-order valence-corrected chi connectivity index (χ4v) is 9.07. The molecule has 0 unspecified atom stereocenters. The van der Waals surface area contributed by atoms with Crippen molar-refractivity contribution in [3.05, 3.63) is 194 Å². The van der Waals surface area contributed by atoms with Crippen LogP contribution in [-0.2, 0) is 0 Å². The third-order valence-corrected chi connectivity index (χ3v) is 11.7. The van der Waals surface area contributed by atoms with E-state index >= 15 is 0 Å². The topological polar surface area (TPSA) is 29.3 Å². The van der Waals surface area contributed by atoms with Gasteiger partial charge < -0.3 is 9.32 Å². The summed E-state index contributed by atoms with van der Waals surface area (Å²) in [6, 6.07) is 69.2. The normalized spacial score (nSPS) is 11.6. The van der Waals surface area contributed by atoms with E-state index in [0.29, 0.717) is 0 Å². The minimum atomic E-state index is 0.878. The SMILES string of the molecule is c1ccc(-c2nc3cc4c(cc3s2)oc2cccc(-c3ccc(N(c5ccccc5)c5ccc(-c6cc7ccccc7c7ccccc67)cc5)cc3)c24)cc1. The number of benzene rings is 9. The maximum absolute atomic E-state index is 6.47. The molecule has 55 heavy (non-hydrogen) atoms. The van der Waals surface area contributed by atoms with Gasteiger partial charge in [-0.15, -0.1) is 11.3 Å². The Kier molecular flexibility index (Phi) is 7.35. The number of para-hydroxylation sites is 1. The Balaban J connectivity index is 0.979. The zero-order valence-corrected chi connectivity index (χ0v) is 30.5. The molecule has 0 saturated heterocycles. The van der Waals surface area contributed by atoms with Gasteiger partial charge in [0.2, 0.25) is 0 Å². The number of aromatic nitrogens is 1. The summed E-state index contributed by atoms with van der Waals surface area (Å²) >= 11 is 1.70. The predicted molar refractivity (Wildman–Crippen MR) is 233 cm³/mol. The molecule has 0 N–H and O–H groups in total. The van der Waals surface area contributed by atoms with Crippen molar-refractivity contribution in [3.63, 3.8) is 0 Å². The number of furan rings is 1. The van der Waals surface area contributed by atoms with Crippen LogP contribution in [-0.4, -0.2) is 4.98 Å². The standard InChI is InChI=1S/C51H32N2OS/c1-3-12-35(13-4-1)51-52-46-31-45-48(32-49(46)55-51)54-47-21-11-20-41(50(45)47)33-22-26-38(27-23-33)53(37-15-5-2-6-16-37)39-28-24-34(25-29-39)44-30-36-14-7-8-17-40(36)42-18-9-10-19-43(42)44/h1-32H. The van der Waals surface area contributed by atoms with Gasteiger partial charge in [0.1, 0.15) is 16.2 Å². The molecule has 0 fully saturated rings. The van der Waals surface area contributed by atoms with Crippen LogP contribution in [0.1, 0.15) is 0 Å². The lowest BCUT2D eigenvalue weighted by Gasteiger charge is -2.26. The number of nitrogens with zero attached hydrogens (tertiary/aromatic N) is 2. The largest absolute Gasteiger partial charge is 0.456 e. The molecule has 0 spiro atoms. The van der Waals surface area contributed by atoms with Gasteiger partial charge in [-0.05, 0) is 98.4 Å². The van der Waals surface area contributed by atoms with E-state index in [1.807, 2.05) is 6.07 Å². The summed E-state index contributed by atoms with van der Waals surface area (Å²) in [5.41, 5.74) is 11.9. The van der Waals surface area contributed by atoms with Gasteiger partial charge in [-0.25, -0.2) is 4.98 Å². The van der Waals surface area contributed by atoms with Gasteiger partial charge >= 0.3 is 0 Å². The third-order valence-electron chi connectivity index (χ3n) is 10.7. The predicted octanol–water partition coefficient (Wildman–Crippen LogP) is 15.0. The molecule has 258 valence electrons. The molecule has 2 heterocycles. The first-order valence-corrected chi connectivity index (χ1v) is 19.3. The first kappa shape index (κ1) is 31.5. The minimum Gasteiger partial charge on any atom is -0.456 e. The van der Waals surface area contributed by atoms with Crippen molar-refractivity contribution in [2.24, 2.45) is 0 Å². The van der Waals surface area contributed by atoms with Crippen LogP contribution in [0, 0.1) is 0 Å². The molecular weight excluding hydrogens is 689 g/mol. The third kappa shape index (κ3) is 5.38. The molecule has 4 heteroatoms. The number of hydrogen-bond donors (Lipinski definition) is 0. The Labute approximate surface area is 322 Å². The van der Waals surface area contributed by atoms with Gasteiger partial charge in [0.05, 0.1) is 10.2 Å². The highest BCUT2D eigenvalue weighted by atomic mass is 32.1. The van der Waals surface area contributed by atoms with Gasteiger partial charge in [-0.3, -0.25) is 0 Å². The van der Waals surface area contributed by atoms with Crippen LogP contribution in [0.4, 0.5) is 17.1 Å². The molecule has 0 saturated carbocycles. The molecule has 11 aromatic rings.